The number of aromatic carboxylic acids is 1. The third-order valence-corrected chi connectivity index (χ3v) is 2.45. The van der Waals surface area contributed by atoms with Crippen molar-refractivity contribution in [2.45, 2.75) is 13.0 Å². The van der Waals surface area contributed by atoms with E-state index in [-0.39, 0.29) is 11.6 Å². The Hall–Kier alpha value is -2.54. The number of carbonyl (C=O) groups is 1. The van der Waals surface area contributed by atoms with E-state index in [1.165, 1.54) is 6.07 Å². The first-order chi connectivity index (χ1) is 8.61. The predicted octanol–water partition coefficient (Wildman–Crippen LogP) is 2.33. The minimum atomic E-state index is -1.10. The van der Waals surface area contributed by atoms with Gasteiger partial charge in [-0.3, -0.25) is 0 Å². The predicted molar refractivity (Wildman–Crippen MR) is 67.6 cm³/mol. The van der Waals surface area contributed by atoms with Crippen molar-refractivity contribution < 1.29 is 14.6 Å². The van der Waals surface area contributed by atoms with Crippen molar-refractivity contribution in [2.75, 3.05) is 0 Å². The summed E-state index contributed by atoms with van der Waals surface area (Å²) >= 11 is 0. The highest BCUT2D eigenvalue weighted by Gasteiger charge is 2.13. The summed E-state index contributed by atoms with van der Waals surface area (Å²) in [5, 5.41) is 10.5. The molecule has 0 saturated carbocycles. The lowest BCUT2D eigenvalue weighted by Gasteiger charge is -2.11. The van der Waals surface area contributed by atoms with E-state index in [0.29, 0.717) is 0 Å². The maximum atomic E-state index is 11.0. The molecular weight excluding hydrogens is 230 g/mol. The van der Waals surface area contributed by atoms with Crippen molar-refractivity contribution in [3.63, 3.8) is 0 Å². The molecule has 0 radical (unpaired) electrons. The molecule has 0 aliphatic carbocycles. The molecule has 4 heteroatoms. The summed E-state index contributed by atoms with van der Waals surface area (Å²) < 4.78 is 5.46. The molecule has 0 spiro atoms. The van der Waals surface area contributed by atoms with Gasteiger partial charge in [-0.1, -0.05) is 24.1 Å². The van der Waals surface area contributed by atoms with Crippen LogP contribution in [0.15, 0.2) is 30.3 Å². The lowest BCUT2D eigenvalue weighted by molar-refractivity contribution is 0.0689. The fourth-order valence-electron chi connectivity index (χ4n) is 1.57. The number of benzene rings is 1. The standard InChI is InChI=1S/C14H11NO3/c1-3-9(2)18-13-11-7-5-4-6-10(11)8-12(15-13)14(16)17/h1,4-9H,2H3,(H,16,17). The molecule has 2 rings (SSSR count). The van der Waals surface area contributed by atoms with Gasteiger partial charge in [-0.25, -0.2) is 9.78 Å². The Bertz CT molecular complexity index is 643. The Morgan fingerprint density at radius 3 is 2.89 bits per heavy atom. The van der Waals surface area contributed by atoms with Crippen LogP contribution < -0.4 is 4.74 Å². The first-order valence-corrected chi connectivity index (χ1v) is 5.37. The van der Waals surface area contributed by atoms with Gasteiger partial charge in [-0.15, -0.1) is 6.42 Å². The molecule has 1 aromatic carbocycles. The number of hydrogen-bond donors (Lipinski definition) is 1. The van der Waals surface area contributed by atoms with E-state index < -0.39 is 12.1 Å². The zero-order valence-corrected chi connectivity index (χ0v) is 9.75. The number of hydrogen-bond acceptors (Lipinski definition) is 3. The van der Waals surface area contributed by atoms with Crippen molar-refractivity contribution in [2.24, 2.45) is 0 Å². The molecule has 90 valence electrons. The van der Waals surface area contributed by atoms with Gasteiger partial charge < -0.3 is 9.84 Å². The average molecular weight is 241 g/mol. The zero-order valence-electron chi connectivity index (χ0n) is 9.75. The quantitative estimate of drug-likeness (QED) is 0.838. The fraction of sp³-hybridized carbons (Fsp3) is 0.143. The zero-order chi connectivity index (χ0) is 13.1. The van der Waals surface area contributed by atoms with Gasteiger partial charge in [0.2, 0.25) is 5.88 Å². The molecule has 18 heavy (non-hydrogen) atoms. The Kier molecular flexibility index (Phi) is 3.16. The number of rotatable bonds is 3. The number of ether oxygens (including phenoxy) is 1. The summed E-state index contributed by atoms with van der Waals surface area (Å²) in [4.78, 5) is 15.0. The van der Waals surface area contributed by atoms with Crippen LogP contribution >= 0.6 is 0 Å². The first-order valence-electron chi connectivity index (χ1n) is 5.37. The number of pyridine rings is 1. The molecule has 1 heterocycles. The third-order valence-electron chi connectivity index (χ3n) is 2.45. The van der Waals surface area contributed by atoms with Crippen molar-refractivity contribution in [3.05, 3.63) is 36.0 Å². The van der Waals surface area contributed by atoms with E-state index in [4.69, 9.17) is 16.3 Å². The van der Waals surface area contributed by atoms with Gasteiger partial charge in [-0.05, 0) is 24.4 Å². The highest BCUT2D eigenvalue weighted by atomic mass is 16.5. The number of aromatic nitrogens is 1. The molecule has 0 aliphatic heterocycles. The maximum absolute atomic E-state index is 11.0. The number of fused-ring (bicyclic) bond motifs is 1. The van der Waals surface area contributed by atoms with Crippen LogP contribution in [0.4, 0.5) is 0 Å². The van der Waals surface area contributed by atoms with Gasteiger partial charge in [0.25, 0.3) is 0 Å². The average Bonchev–Trinajstić information content (AvgIpc) is 2.38. The molecule has 2 aromatic rings. The van der Waals surface area contributed by atoms with Crippen LogP contribution in [0, 0.1) is 12.3 Å². The SMILES string of the molecule is C#CC(C)Oc1nc(C(=O)O)cc2ccccc12. The van der Waals surface area contributed by atoms with Crippen LogP contribution in [0.25, 0.3) is 10.8 Å². The molecule has 1 aromatic heterocycles. The lowest BCUT2D eigenvalue weighted by Crippen LogP contribution is -2.11. The second-order valence-corrected chi connectivity index (χ2v) is 3.77. The Labute approximate surface area is 104 Å². The fourth-order valence-corrected chi connectivity index (χ4v) is 1.57. The van der Waals surface area contributed by atoms with Crippen LogP contribution in [0.1, 0.15) is 17.4 Å². The van der Waals surface area contributed by atoms with Crippen molar-refractivity contribution >= 4 is 16.7 Å². The second kappa shape index (κ2) is 4.76. The van der Waals surface area contributed by atoms with Crippen molar-refractivity contribution in [1.29, 1.82) is 0 Å². The van der Waals surface area contributed by atoms with Gasteiger partial charge in [-0.2, -0.15) is 0 Å². The minimum absolute atomic E-state index is 0.0621. The van der Waals surface area contributed by atoms with E-state index in [2.05, 4.69) is 10.9 Å². The lowest BCUT2D eigenvalue weighted by atomic mass is 10.1. The Morgan fingerprint density at radius 1 is 1.50 bits per heavy atom. The van der Waals surface area contributed by atoms with Crippen LogP contribution in [0.5, 0.6) is 5.88 Å². The minimum Gasteiger partial charge on any atom is -0.477 e. The van der Waals surface area contributed by atoms with Crippen LogP contribution in [0.3, 0.4) is 0 Å². The second-order valence-electron chi connectivity index (χ2n) is 3.77. The van der Waals surface area contributed by atoms with Crippen LogP contribution in [-0.2, 0) is 0 Å². The summed E-state index contributed by atoms with van der Waals surface area (Å²) in [5.41, 5.74) is -0.0621. The van der Waals surface area contributed by atoms with Crippen LogP contribution in [0.2, 0.25) is 0 Å². The van der Waals surface area contributed by atoms with Gasteiger partial charge in [0.15, 0.2) is 11.8 Å². The number of carboxylic acids is 1. The molecule has 0 amide bonds. The summed E-state index contributed by atoms with van der Waals surface area (Å²) in [7, 11) is 0. The molecule has 1 atom stereocenters. The normalized spacial score (nSPS) is 11.8. The number of nitrogens with zero attached hydrogens (tertiary/aromatic N) is 1. The maximum Gasteiger partial charge on any atom is 0.354 e. The van der Waals surface area contributed by atoms with E-state index in [1.807, 2.05) is 18.2 Å². The first kappa shape index (κ1) is 11.9. The third kappa shape index (κ3) is 2.25. The van der Waals surface area contributed by atoms with Gasteiger partial charge in [0.1, 0.15) is 0 Å². The van der Waals surface area contributed by atoms with Crippen molar-refractivity contribution in [3.8, 4) is 18.2 Å². The van der Waals surface area contributed by atoms with Crippen LogP contribution in [-0.4, -0.2) is 22.2 Å². The van der Waals surface area contributed by atoms with E-state index in [1.54, 1.807) is 13.0 Å². The molecular formula is C14H11NO3. The van der Waals surface area contributed by atoms with E-state index >= 15 is 0 Å². The van der Waals surface area contributed by atoms with E-state index in [9.17, 15) is 4.79 Å². The molecule has 0 fully saturated rings. The highest BCUT2D eigenvalue weighted by molar-refractivity contribution is 5.94. The molecule has 1 N–H and O–H groups in total. The Morgan fingerprint density at radius 2 is 2.22 bits per heavy atom. The van der Waals surface area contributed by atoms with Gasteiger partial charge >= 0.3 is 5.97 Å². The highest BCUT2D eigenvalue weighted by Crippen LogP contribution is 2.25. The summed E-state index contributed by atoms with van der Waals surface area (Å²) in [6.07, 6.45) is 4.78. The molecule has 0 aliphatic rings. The summed E-state index contributed by atoms with van der Waals surface area (Å²) in [6, 6.07) is 8.77. The van der Waals surface area contributed by atoms with Gasteiger partial charge in [0, 0.05) is 5.39 Å². The molecule has 0 saturated heterocycles. The molecule has 4 nitrogen and oxygen atoms in total. The number of terminal acetylenes is 1. The molecule has 1 unspecified atom stereocenters. The summed E-state index contributed by atoms with van der Waals surface area (Å²) in [5.74, 6) is 1.57. The smallest absolute Gasteiger partial charge is 0.354 e. The largest absolute Gasteiger partial charge is 0.477 e. The Balaban J connectivity index is 2.61. The number of carboxylic acid groups (broad SMARTS) is 1. The topological polar surface area (TPSA) is 59.4 Å². The monoisotopic (exact) mass is 241 g/mol. The molecule has 0 bridgehead atoms. The summed E-state index contributed by atoms with van der Waals surface area (Å²) in [6.45, 7) is 1.70. The van der Waals surface area contributed by atoms with E-state index in [0.717, 1.165) is 10.8 Å². The van der Waals surface area contributed by atoms with Crippen molar-refractivity contribution in [1.82, 2.24) is 4.98 Å². The van der Waals surface area contributed by atoms with Gasteiger partial charge in [0.05, 0.1) is 0 Å².